The number of carbonyl (C=O) groups excluding carboxylic acids is 19. The number of nitrogens with zero attached hydrogens (tertiary/aromatic N) is 1. The van der Waals surface area contributed by atoms with Crippen LogP contribution in [0.2, 0.25) is 0 Å². The Balaban J connectivity index is 1.54. The Morgan fingerprint density at radius 3 is 1.25 bits per heavy atom. The van der Waals surface area contributed by atoms with Crippen LogP contribution < -0.4 is 108 Å². The first kappa shape index (κ1) is 112. The number of unbranched alkanes of at least 4 members (excludes halogenated alkanes) is 1. The van der Waals surface area contributed by atoms with Gasteiger partial charge in [0, 0.05) is 38.6 Å². The SMILES string of the molecule is CC[C@H](C)[C@H](NC(=O)[C@H](C)N)C(=O)N[C@@H](Cc1ccc(O)cc1)C(=O)N1CCC[C@H]1C(=O)NCC(=O)N[C@@H](CC(N)=O)C(=O)N[C@@H](CO)C(=O)N[C@@H](CC(=O)O)C(=O)N[C@H](C(=O)N[C@@H](CO)C(=O)N[C@@H](Cc1ccc(O)cc1)C(=O)N[C@@H](CC(N)=O)C(=O)N[C@@H](CCC(N)=O)C(=O)N[C@@H](CCCCN)C(=O)N[C@@H](Cc1ccccc1)C(=O)N[C@@H](CCC(=O)O)C(=O)NCC(=O)O)[C@@H](C)O. The fourth-order valence-electron chi connectivity index (χ4n) is 13.3. The molecule has 0 unspecified atom stereocenters. The maximum absolute atomic E-state index is 14.6. The third-order valence-corrected chi connectivity index (χ3v) is 20.8. The molecule has 51 nitrogen and oxygen atoms in total. The number of carboxylic acid groups (broad SMARTS) is 3. The molecule has 0 aromatic heterocycles. The van der Waals surface area contributed by atoms with E-state index in [-0.39, 0.29) is 75.1 Å². The van der Waals surface area contributed by atoms with E-state index in [1.54, 1.807) is 44.2 Å². The zero-order valence-corrected chi connectivity index (χ0v) is 73.8. The van der Waals surface area contributed by atoms with Gasteiger partial charge in [0.25, 0.3) is 0 Å². The fraction of sp³-hybridized carbons (Fsp3) is 0.518. The molecule has 4 rings (SSSR count). The van der Waals surface area contributed by atoms with E-state index >= 15 is 0 Å². The Labute approximate surface area is 766 Å². The molecular formula is C83H119N21O30. The number of carboxylic acids is 3. The van der Waals surface area contributed by atoms with E-state index in [0.717, 1.165) is 24.0 Å². The smallest absolute Gasteiger partial charge is 0.322 e. The van der Waals surface area contributed by atoms with Gasteiger partial charge < -0.3 is 154 Å². The highest BCUT2D eigenvalue weighted by Gasteiger charge is 2.43. The first-order valence-electron chi connectivity index (χ1n) is 42.4. The summed E-state index contributed by atoms with van der Waals surface area (Å²) in [4.78, 5) is 297. The number of likely N-dealkylation sites (tertiary alicyclic amines) is 1. The number of nitrogens with one attached hydrogen (secondary N) is 15. The number of rotatable bonds is 59. The minimum absolute atomic E-state index is 0.0241. The number of aromatic hydroxyl groups is 2. The molecular weight excluding hydrogens is 1770 g/mol. The number of amides is 19. The van der Waals surface area contributed by atoms with Crippen LogP contribution >= 0.6 is 0 Å². The maximum atomic E-state index is 14.6. The number of nitrogens with two attached hydrogens (primary N) is 5. The van der Waals surface area contributed by atoms with E-state index in [4.69, 9.17) is 28.7 Å². The van der Waals surface area contributed by atoms with Crippen molar-refractivity contribution >= 4 is 130 Å². The van der Waals surface area contributed by atoms with Crippen LogP contribution in [-0.4, -0.2) is 312 Å². The van der Waals surface area contributed by atoms with E-state index in [1.807, 2.05) is 26.6 Å². The number of carbonyl (C=O) groups is 22. The van der Waals surface area contributed by atoms with Crippen LogP contribution in [0.5, 0.6) is 11.5 Å². The predicted octanol–water partition coefficient (Wildman–Crippen LogP) is -11.0. The molecule has 1 aliphatic heterocycles. The molecule has 3 aromatic rings. The fourth-order valence-corrected chi connectivity index (χ4v) is 13.3. The quantitative estimate of drug-likeness (QED) is 0.0233. The number of primary amides is 3. The van der Waals surface area contributed by atoms with Crippen molar-refractivity contribution in [2.75, 3.05) is 39.4 Å². The lowest BCUT2D eigenvalue weighted by Gasteiger charge is -2.31. The number of aliphatic hydroxyl groups excluding tert-OH is 3. The molecule has 19 amide bonds. The highest BCUT2D eigenvalue weighted by Crippen LogP contribution is 2.23. The van der Waals surface area contributed by atoms with Gasteiger partial charge in [-0.25, -0.2) is 0 Å². The molecule has 736 valence electrons. The second-order valence-corrected chi connectivity index (χ2v) is 31.6. The van der Waals surface area contributed by atoms with Crippen LogP contribution in [0.4, 0.5) is 0 Å². The van der Waals surface area contributed by atoms with Crippen LogP contribution in [0.15, 0.2) is 78.9 Å². The molecule has 0 aliphatic carbocycles. The number of hydrogen-bond donors (Lipinski definition) is 28. The Hall–Kier alpha value is -14.6. The van der Waals surface area contributed by atoms with Crippen LogP contribution in [0.25, 0.3) is 0 Å². The summed E-state index contributed by atoms with van der Waals surface area (Å²) in [6.07, 6.45) is -8.44. The Morgan fingerprint density at radius 2 is 0.799 bits per heavy atom. The zero-order valence-electron chi connectivity index (χ0n) is 73.8. The minimum Gasteiger partial charge on any atom is -0.508 e. The Kier molecular flexibility index (Phi) is 46.9. The monoisotopic (exact) mass is 1890 g/mol. The molecule has 33 N–H and O–H groups in total. The average molecular weight is 1890 g/mol. The van der Waals surface area contributed by atoms with E-state index in [9.17, 15) is 146 Å². The van der Waals surface area contributed by atoms with Gasteiger partial charge in [0.15, 0.2) is 0 Å². The van der Waals surface area contributed by atoms with E-state index in [0.29, 0.717) is 17.5 Å². The molecule has 0 bridgehead atoms. The molecule has 0 spiro atoms. The number of aliphatic carboxylic acids is 3. The molecule has 0 saturated carbocycles. The van der Waals surface area contributed by atoms with Gasteiger partial charge in [-0.1, -0.05) is 74.9 Å². The zero-order chi connectivity index (χ0) is 100. The van der Waals surface area contributed by atoms with Crippen molar-refractivity contribution in [3.05, 3.63) is 95.6 Å². The summed E-state index contributed by atoms with van der Waals surface area (Å²) in [5.41, 5.74) is 28.9. The number of phenols is 2. The van der Waals surface area contributed by atoms with Gasteiger partial charge in [0.1, 0.15) is 103 Å². The number of aliphatic hydroxyl groups is 3. The third kappa shape index (κ3) is 38.8. The molecule has 3 aromatic carbocycles. The summed E-state index contributed by atoms with van der Waals surface area (Å²) in [5.74, 6) is -28.4. The largest absolute Gasteiger partial charge is 0.508 e. The minimum atomic E-state index is -2.31. The van der Waals surface area contributed by atoms with Crippen LogP contribution in [0.3, 0.4) is 0 Å². The molecule has 1 saturated heterocycles. The molecule has 51 heteroatoms. The molecule has 0 radical (unpaired) electrons. The van der Waals surface area contributed by atoms with Crippen molar-refractivity contribution in [1.29, 1.82) is 0 Å². The van der Waals surface area contributed by atoms with E-state index in [2.05, 4.69) is 53.2 Å². The first-order chi connectivity index (χ1) is 63.2. The van der Waals surface area contributed by atoms with Crippen LogP contribution in [-0.2, 0) is 125 Å². The van der Waals surface area contributed by atoms with Gasteiger partial charge in [-0.2, -0.15) is 0 Å². The summed E-state index contributed by atoms with van der Waals surface area (Å²) < 4.78 is 0. The average Bonchev–Trinajstić information content (AvgIpc) is 1.63. The van der Waals surface area contributed by atoms with Gasteiger partial charge in [-0.3, -0.25) is 105 Å². The summed E-state index contributed by atoms with van der Waals surface area (Å²) in [7, 11) is 0. The normalized spacial score (nSPS) is 15.7. The van der Waals surface area contributed by atoms with Crippen molar-refractivity contribution in [3.8, 4) is 11.5 Å². The maximum Gasteiger partial charge on any atom is 0.322 e. The van der Waals surface area contributed by atoms with E-state index in [1.165, 1.54) is 43.3 Å². The van der Waals surface area contributed by atoms with Crippen molar-refractivity contribution in [2.24, 2.45) is 34.6 Å². The Morgan fingerprint density at radius 1 is 0.403 bits per heavy atom. The summed E-state index contributed by atoms with van der Waals surface area (Å²) in [5, 5.41) is 114. The second-order valence-electron chi connectivity index (χ2n) is 31.6. The summed E-state index contributed by atoms with van der Waals surface area (Å²) in [6, 6.07) is -8.45. The summed E-state index contributed by atoms with van der Waals surface area (Å²) >= 11 is 0. The van der Waals surface area contributed by atoms with E-state index < -0.39 is 310 Å². The number of hydrogen-bond acceptors (Lipinski definition) is 29. The van der Waals surface area contributed by atoms with Gasteiger partial charge in [-0.15, -0.1) is 0 Å². The van der Waals surface area contributed by atoms with Gasteiger partial charge in [0.05, 0.1) is 51.2 Å². The summed E-state index contributed by atoms with van der Waals surface area (Å²) in [6.45, 7) is 1.14. The van der Waals surface area contributed by atoms with Gasteiger partial charge >= 0.3 is 17.9 Å². The second kappa shape index (κ2) is 56.2. The van der Waals surface area contributed by atoms with Crippen molar-refractivity contribution in [1.82, 2.24) is 84.7 Å². The molecule has 1 heterocycles. The van der Waals surface area contributed by atoms with Gasteiger partial charge in [-0.05, 0) is 112 Å². The molecule has 1 aliphatic rings. The number of benzene rings is 3. The molecule has 134 heavy (non-hydrogen) atoms. The lowest BCUT2D eigenvalue weighted by molar-refractivity contribution is -0.142. The highest BCUT2D eigenvalue weighted by atomic mass is 16.4. The lowest BCUT2D eigenvalue weighted by Crippen LogP contribution is -2.63. The topological polar surface area (TPSA) is 851 Å². The molecule has 1 fully saturated rings. The number of phenolic OH excluding ortho intramolecular Hbond substituents is 2. The molecule has 17 atom stereocenters. The van der Waals surface area contributed by atoms with Gasteiger partial charge in [0.2, 0.25) is 112 Å². The third-order valence-electron chi connectivity index (χ3n) is 20.8. The lowest BCUT2D eigenvalue weighted by atomic mass is 9.96. The van der Waals surface area contributed by atoms with Crippen molar-refractivity contribution < 1.29 is 146 Å². The van der Waals surface area contributed by atoms with Crippen molar-refractivity contribution in [2.45, 2.75) is 227 Å². The highest BCUT2D eigenvalue weighted by molar-refractivity contribution is 6.03. The van der Waals surface area contributed by atoms with Crippen LogP contribution in [0.1, 0.15) is 128 Å². The van der Waals surface area contributed by atoms with Crippen molar-refractivity contribution in [3.63, 3.8) is 0 Å². The Bertz CT molecular complexity index is 4640. The predicted molar refractivity (Wildman–Crippen MR) is 464 cm³/mol. The first-order valence-corrected chi connectivity index (χ1v) is 42.4. The standard InChI is InChI=1S/C83H119N21O30/c1-5-40(2)67(102-69(120)41(3)85)81(132)99-56(32-45-18-22-47(109)23-19-45)83(134)104-29-11-15-59(104)80(131)89-36-63(113)91-53(33-61(87)111)75(126)100-57(38-105)78(129)98-55(35-65(116)117)77(128)103-68(42(4)107)82(133)101-58(39-106)79(130)96-52(31-44-16-20-46(108)21-17-44)74(125)97-54(34-62(88)112)76(127)94-50(24-26-60(86)110)72(123)92-48(14-9-10-28-84)71(122)95-51(30-43-12-7-6-8-13-43)73(124)93-49(25-27-64(114)115)70(121)90-37-66(118)119/h6-8,12-13,16-23,40-42,48-59,67-68,105-109H,5,9-11,14-15,24-39,84-85H2,1-4H3,(H2,86,110)(H2,87,111)(H2,88,112)(H,89,131)(H,90,121)(H,91,113)(H,92,123)(H,93,124)(H,94,127)(H,95,122)(H,96,130)(H,97,125)(H,98,129)(H,99,132)(H,100,126)(H,101,133)(H,102,120)(H,103,128)(H,114,115)(H,116,117)(H,118,119)/t40-,41-,42+,48-,49-,50-,51-,52-,53-,54-,55-,56-,57-,58-,59-,67-,68-/m0/s1. The van der Waals surface area contributed by atoms with Crippen LogP contribution in [0, 0.1) is 5.92 Å².